The smallest absolute Gasteiger partial charge is 0.138 e. The summed E-state index contributed by atoms with van der Waals surface area (Å²) in [7, 11) is 1.92. The molecule has 0 amide bonds. The van der Waals surface area contributed by atoms with Crippen molar-refractivity contribution in [2.24, 2.45) is 0 Å². The molecule has 0 fully saturated rings. The van der Waals surface area contributed by atoms with Gasteiger partial charge >= 0.3 is 0 Å². The van der Waals surface area contributed by atoms with E-state index in [4.69, 9.17) is 0 Å². The first-order valence-corrected chi connectivity index (χ1v) is 7.08. The van der Waals surface area contributed by atoms with Gasteiger partial charge in [-0.2, -0.15) is 0 Å². The van der Waals surface area contributed by atoms with E-state index in [0.717, 1.165) is 28.3 Å². The van der Waals surface area contributed by atoms with Gasteiger partial charge in [0.1, 0.15) is 5.82 Å². The molecule has 0 radical (unpaired) electrons. The molecule has 0 atom stereocenters. The van der Waals surface area contributed by atoms with Gasteiger partial charge in [0.25, 0.3) is 0 Å². The maximum Gasteiger partial charge on any atom is 0.138 e. The number of hydrogen-bond acceptors (Lipinski definition) is 2. The van der Waals surface area contributed by atoms with E-state index < -0.39 is 0 Å². The third-order valence-electron chi connectivity index (χ3n) is 3.71. The summed E-state index contributed by atoms with van der Waals surface area (Å²) in [6, 6.07) is 14.7. The van der Waals surface area contributed by atoms with Crippen molar-refractivity contribution in [2.45, 2.75) is 13.8 Å². The molecule has 0 aliphatic carbocycles. The molecule has 0 saturated heterocycles. The van der Waals surface area contributed by atoms with E-state index in [-0.39, 0.29) is 0 Å². The molecule has 3 aromatic rings. The highest BCUT2D eigenvalue weighted by Crippen LogP contribution is 2.26. The summed E-state index contributed by atoms with van der Waals surface area (Å²) in [6.07, 6.45) is 1.89. The van der Waals surface area contributed by atoms with Crippen LogP contribution >= 0.6 is 0 Å². The number of benzene rings is 2. The fourth-order valence-electron chi connectivity index (χ4n) is 2.41. The summed E-state index contributed by atoms with van der Waals surface area (Å²) in [4.78, 5) is 7.96. The van der Waals surface area contributed by atoms with Crippen LogP contribution < -0.4 is 5.32 Å². The molecule has 0 aliphatic heterocycles. The molecule has 1 heterocycles. The van der Waals surface area contributed by atoms with Gasteiger partial charge in [0, 0.05) is 18.3 Å². The lowest BCUT2D eigenvalue weighted by molar-refractivity contribution is 1.27. The van der Waals surface area contributed by atoms with Gasteiger partial charge in [0.15, 0.2) is 0 Å². The summed E-state index contributed by atoms with van der Waals surface area (Å²) in [5.41, 5.74) is 6.91. The van der Waals surface area contributed by atoms with Crippen LogP contribution in [-0.4, -0.2) is 17.0 Å². The summed E-state index contributed by atoms with van der Waals surface area (Å²) in [5.74, 6) is 0.920. The highest BCUT2D eigenvalue weighted by molar-refractivity contribution is 5.68. The molecule has 21 heavy (non-hydrogen) atoms. The summed E-state index contributed by atoms with van der Waals surface area (Å²) in [5, 5.41) is 3.12. The van der Waals surface area contributed by atoms with Crippen molar-refractivity contribution in [1.82, 2.24) is 9.97 Å². The van der Waals surface area contributed by atoms with Gasteiger partial charge in [-0.3, -0.25) is 0 Å². The zero-order valence-electron chi connectivity index (χ0n) is 12.6. The normalized spacial score (nSPS) is 10.6. The number of hydrogen-bond donors (Lipinski definition) is 2. The molecular weight excluding hydrogens is 258 g/mol. The first kappa shape index (κ1) is 13.4. The van der Waals surface area contributed by atoms with Crippen molar-refractivity contribution in [3.05, 3.63) is 59.8 Å². The standard InChI is InChI=1S/C18H19N3/c1-12-4-5-13(2)16(10-12)18-20-11-17(21-18)14-6-8-15(19-3)9-7-14/h4-11,19H,1-3H3,(H,20,21). The number of aromatic amines is 1. The summed E-state index contributed by atoms with van der Waals surface area (Å²) < 4.78 is 0. The number of imidazole rings is 1. The average Bonchev–Trinajstić information content (AvgIpc) is 2.99. The van der Waals surface area contributed by atoms with Gasteiger partial charge in [-0.25, -0.2) is 4.98 Å². The average molecular weight is 277 g/mol. The lowest BCUT2D eigenvalue weighted by Gasteiger charge is -2.04. The molecule has 0 aliphatic rings. The molecule has 0 saturated carbocycles. The van der Waals surface area contributed by atoms with Gasteiger partial charge in [-0.05, 0) is 43.2 Å². The number of aromatic nitrogens is 2. The highest BCUT2D eigenvalue weighted by Gasteiger charge is 2.08. The first-order chi connectivity index (χ1) is 10.2. The van der Waals surface area contributed by atoms with Gasteiger partial charge in [0.2, 0.25) is 0 Å². The van der Waals surface area contributed by atoms with E-state index in [2.05, 4.69) is 71.6 Å². The van der Waals surface area contributed by atoms with E-state index in [1.54, 1.807) is 0 Å². The predicted molar refractivity (Wildman–Crippen MR) is 88.5 cm³/mol. The van der Waals surface area contributed by atoms with Crippen molar-refractivity contribution in [2.75, 3.05) is 12.4 Å². The van der Waals surface area contributed by atoms with Crippen LogP contribution in [0.3, 0.4) is 0 Å². The molecule has 0 unspecified atom stereocenters. The van der Waals surface area contributed by atoms with E-state index >= 15 is 0 Å². The molecule has 0 bridgehead atoms. The van der Waals surface area contributed by atoms with Crippen molar-refractivity contribution in [3.63, 3.8) is 0 Å². The molecule has 106 valence electrons. The van der Waals surface area contributed by atoms with Crippen LogP contribution in [0, 0.1) is 13.8 Å². The highest BCUT2D eigenvalue weighted by atomic mass is 14.9. The van der Waals surface area contributed by atoms with Crippen LogP contribution in [0.15, 0.2) is 48.7 Å². The van der Waals surface area contributed by atoms with Crippen molar-refractivity contribution >= 4 is 5.69 Å². The van der Waals surface area contributed by atoms with Crippen LogP contribution in [0.2, 0.25) is 0 Å². The van der Waals surface area contributed by atoms with Crippen LogP contribution in [-0.2, 0) is 0 Å². The molecule has 2 aromatic carbocycles. The number of anilines is 1. The van der Waals surface area contributed by atoms with Gasteiger partial charge < -0.3 is 10.3 Å². The second-order valence-corrected chi connectivity index (χ2v) is 5.29. The molecule has 3 heteroatoms. The number of aryl methyl sites for hydroxylation is 2. The minimum Gasteiger partial charge on any atom is -0.388 e. The fourth-order valence-corrected chi connectivity index (χ4v) is 2.41. The molecule has 2 N–H and O–H groups in total. The second-order valence-electron chi connectivity index (χ2n) is 5.29. The van der Waals surface area contributed by atoms with Crippen LogP contribution in [0.4, 0.5) is 5.69 Å². The zero-order valence-corrected chi connectivity index (χ0v) is 12.6. The Morgan fingerprint density at radius 2 is 1.76 bits per heavy atom. The fraction of sp³-hybridized carbons (Fsp3) is 0.167. The van der Waals surface area contributed by atoms with Crippen molar-refractivity contribution < 1.29 is 0 Å². The van der Waals surface area contributed by atoms with Crippen molar-refractivity contribution in [3.8, 4) is 22.6 Å². The quantitative estimate of drug-likeness (QED) is 0.745. The second kappa shape index (κ2) is 5.44. The van der Waals surface area contributed by atoms with E-state index in [0.29, 0.717) is 0 Å². The Kier molecular flexibility index (Phi) is 3.48. The third-order valence-corrected chi connectivity index (χ3v) is 3.71. The Morgan fingerprint density at radius 3 is 2.48 bits per heavy atom. The Hall–Kier alpha value is -2.55. The maximum atomic E-state index is 4.54. The van der Waals surface area contributed by atoms with Crippen LogP contribution in [0.25, 0.3) is 22.6 Å². The Labute approximate surface area is 125 Å². The minimum atomic E-state index is 0.920. The Morgan fingerprint density at radius 1 is 1.00 bits per heavy atom. The topological polar surface area (TPSA) is 40.7 Å². The maximum absolute atomic E-state index is 4.54. The van der Waals surface area contributed by atoms with Gasteiger partial charge in [-0.15, -0.1) is 0 Å². The number of H-pyrrole nitrogens is 1. The number of nitrogens with zero attached hydrogens (tertiary/aromatic N) is 1. The minimum absolute atomic E-state index is 0.920. The monoisotopic (exact) mass is 277 g/mol. The van der Waals surface area contributed by atoms with E-state index in [1.165, 1.54) is 11.1 Å². The number of rotatable bonds is 3. The van der Waals surface area contributed by atoms with Crippen LogP contribution in [0.5, 0.6) is 0 Å². The zero-order chi connectivity index (χ0) is 14.8. The number of nitrogens with one attached hydrogen (secondary N) is 2. The summed E-state index contributed by atoms with van der Waals surface area (Å²) >= 11 is 0. The molecular formula is C18H19N3. The lowest BCUT2D eigenvalue weighted by atomic mass is 10.1. The largest absolute Gasteiger partial charge is 0.388 e. The Balaban J connectivity index is 1.97. The Bertz CT molecular complexity index is 754. The SMILES string of the molecule is CNc1ccc(-c2cnc(-c3cc(C)ccc3C)[nH]2)cc1. The van der Waals surface area contributed by atoms with E-state index in [9.17, 15) is 0 Å². The molecule has 0 spiro atoms. The summed E-state index contributed by atoms with van der Waals surface area (Å²) in [6.45, 7) is 4.21. The molecule has 3 rings (SSSR count). The third kappa shape index (κ3) is 2.68. The van der Waals surface area contributed by atoms with Crippen molar-refractivity contribution in [1.29, 1.82) is 0 Å². The van der Waals surface area contributed by atoms with Gasteiger partial charge in [-0.1, -0.05) is 29.8 Å². The van der Waals surface area contributed by atoms with Crippen LogP contribution in [0.1, 0.15) is 11.1 Å². The first-order valence-electron chi connectivity index (χ1n) is 7.08. The molecule has 1 aromatic heterocycles. The lowest BCUT2D eigenvalue weighted by Crippen LogP contribution is -1.88. The molecule has 3 nitrogen and oxygen atoms in total. The van der Waals surface area contributed by atoms with E-state index in [1.807, 2.05) is 13.2 Å². The predicted octanol–water partition coefficient (Wildman–Crippen LogP) is 4.40. The van der Waals surface area contributed by atoms with Gasteiger partial charge in [0.05, 0.1) is 11.9 Å².